The Hall–Kier alpha value is -9.75. The molecule has 1 saturated heterocycles. The van der Waals surface area contributed by atoms with Crippen molar-refractivity contribution in [2.75, 3.05) is 13.2 Å². The second-order valence-electron chi connectivity index (χ2n) is 17.3. The molecular weight excluding hydrogens is 1030 g/mol. The van der Waals surface area contributed by atoms with E-state index in [1.165, 1.54) is 0 Å². The molecule has 0 saturated carbocycles. The predicted octanol–water partition coefficient (Wildman–Crippen LogP) is -0.811. The van der Waals surface area contributed by atoms with Crippen LogP contribution in [-0.2, 0) is 28.4 Å². The van der Waals surface area contributed by atoms with Crippen molar-refractivity contribution in [3.8, 4) is 108 Å². The Morgan fingerprint density at radius 2 is 0.908 bits per heavy atom. The van der Waals surface area contributed by atoms with Crippen molar-refractivity contribution < 1.29 is 149 Å². The van der Waals surface area contributed by atoms with Crippen LogP contribution in [0.2, 0.25) is 0 Å². The maximum atomic E-state index is 15.0. The van der Waals surface area contributed by atoms with Gasteiger partial charge in [-0.2, -0.15) is 0 Å². The topological polar surface area (TPSA) is 525 Å². The van der Waals surface area contributed by atoms with Crippen LogP contribution in [0.1, 0.15) is 63.3 Å². The molecule has 0 unspecified atom stereocenters. The number of esters is 5. The fourth-order valence-corrected chi connectivity index (χ4v) is 9.32. The number of phenols is 15. The maximum absolute atomic E-state index is 15.0. The molecule has 1 fully saturated rings. The number of aliphatic hydroxyl groups is 4. The first-order valence-corrected chi connectivity index (χ1v) is 21.4. The van der Waals surface area contributed by atoms with E-state index in [-0.39, 0.29) is 6.07 Å². The Bertz CT molecular complexity index is 3380. The smallest absolute Gasteiger partial charge is 0.339 e. The molecule has 5 aromatic rings. The fraction of sp³-hybridized carbons (Fsp3) is 0.239. The molecule has 4 aliphatic rings. The minimum Gasteiger partial charge on any atom is -0.504 e. The molecule has 9 rings (SSSR count). The van der Waals surface area contributed by atoms with Gasteiger partial charge in [0.05, 0.1) is 40.3 Å². The van der Waals surface area contributed by atoms with Crippen molar-refractivity contribution in [3.63, 3.8) is 0 Å². The second-order valence-corrected chi connectivity index (χ2v) is 17.3. The van der Waals surface area contributed by atoms with Gasteiger partial charge in [0, 0.05) is 27.8 Å². The summed E-state index contributed by atoms with van der Waals surface area (Å²) in [5, 5.41) is 209. The SMILES string of the molecule is O=C(O[C@H]1COC(=O)c2cc(O)c(O)c(O)c2-c2c(cc(O)c(O)c2O)C(=O)O[C@H]1[C@@H]1OC(=O)c2cc(O)c(O)c(O)c2-c2c(O)c(O)c(O)c3c2C(=O)O[C@H]1[C@H]3[C@]1(O)OC[C@H](O)[C@@H](O)[C@H]1O)c1cc(O)c(O)c(O)c1. The largest absolute Gasteiger partial charge is 0.504 e. The van der Waals surface area contributed by atoms with Crippen molar-refractivity contribution in [3.05, 3.63) is 63.7 Å². The van der Waals surface area contributed by atoms with Gasteiger partial charge >= 0.3 is 29.8 Å². The number of hydrogen-bond acceptors (Lipinski definition) is 30. The van der Waals surface area contributed by atoms with Crippen molar-refractivity contribution in [2.24, 2.45) is 0 Å². The highest BCUT2D eigenvalue weighted by Gasteiger charge is 2.64. The van der Waals surface area contributed by atoms with Crippen LogP contribution in [0, 0.1) is 0 Å². The Morgan fingerprint density at radius 3 is 1.42 bits per heavy atom. The second kappa shape index (κ2) is 17.7. The molecule has 4 heterocycles. The molecule has 19 N–H and O–H groups in total. The number of fused-ring (bicyclic) bond motifs is 7. The van der Waals surface area contributed by atoms with Gasteiger partial charge in [-0.3, -0.25) is 0 Å². The minimum absolute atomic E-state index is 0.271. The average Bonchev–Trinajstić information content (AvgIpc) is 3.39. The molecule has 30 heteroatoms. The van der Waals surface area contributed by atoms with Gasteiger partial charge in [0.25, 0.3) is 0 Å². The van der Waals surface area contributed by atoms with E-state index in [9.17, 15) is 116 Å². The Kier molecular flexibility index (Phi) is 11.9. The molecule has 2 bridgehead atoms. The zero-order valence-corrected chi connectivity index (χ0v) is 37.4. The van der Waals surface area contributed by atoms with Gasteiger partial charge in [-0.1, -0.05) is 0 Å². The number of phenolic OH excluding ortho intramolecular Hbond substituents is 15. The average molecular weight is 1070 g/mol. The van der Waals surface area contributed by atoms with E-state index in [0.29, 0.717) is 24.3 Å². The van der Waals surface area contributed by atoms with Crippen LogP contribution >= 0.6 is 0 Å². The van der Waals surface area contributed by atoms with Crippen LogP contribution in [0.4, 0.5) is 0 Å². The first-order valence-electron chi connectivity index (χ1n) is 21.4. The third-order valence-corrected chi connectivity index (χ3v) is 13.0. The molecule has 0 aromatic heterocycles. The summed E-state index contributed by atoms with van der Waals surface area (Å²) in [6.45, 7) is -2.84. The number of ether oxygens (including phenoxy) is 6. The number of cyclic esters (lactones) is 3. The van der Waals surface area contributed by atoms with Crippen LogP contribution < -0.4 is 0 Å². The highest BCUT2D eigenvalue weighted by Crippen LogP contribution is 2.61. The molecular formula is C46H36O30. The van der Waals surface area contributed by atoms with Gasteiger partial charge in [0.15, 0.2) is 87.7 Å². The van der Waals surface area contributed by atoms with Gasteiger partial charge in [-0.25, -0.2) is 24.0 Å². The number of carbonyl (C=O) groups excluding carboxylic acids is 5. The van der Waals surface area contributed by atoms with E-state index < -0.39 is 239 Å². The summed E-state index contributed by atoms with van der Waals surface area (Å²) in [6.07, 6.45) is -19.3. The first-order chi connectivity index (χ1) is 35.6. The third kappa shape index (κ3) is 7.49. The van der Waals surface area contributed by atoms with Crippen molar-refractivity contribution in [1.29, 1.82) is 0 Å². The van der Waals surface area contributed by atoms with Gasteiger partial charge in [-0.05, 0) is 30.3 Å². The van der Waals surface area contributed by atoms with Crippen molar-refractivity contribution >= 4 is 29.8 Å². The van der Waals surface area contributed by atoms with E-state index in [2.05, 4.69) is 0 Å². The van der Waals surface area contributed by atoms with E-state index in [4.69, 9.17) is 28.4 Å². The number of carbonyl (C=O) groups is 5. The van der Waals surface area contributed by atoms with Gasteiger partial charge in [0.1, 0.15) is 24.9 Å². The molecule has 5 aromatic carbocycles. The predicted molar refractivity (Wildman–Crippen MR) is 234 cm³/mol. The summed E-state index contributed by atoms with van der Waals surface area (Å²) in [7, 11) is 0. The summed E-state index contributed by atoms with van der Waals surface area (Å²) in [5.41, 5.74) is -12.2. The fourth-order valence-electron chi connectivity index (χ4n) is 9.32. The lowest BCUT2D eigenvalue weighted by Gasteiger charge is -2.51. The molecule has 0 aliphatic carbocycles. The first kappa shape index (κ1) is 51.2. The summed E-state index contributed by atoms with van der Waals surface area (Å²) in [5.74, 6) is -38.1. The zero-order valence-electron chi connectivity index (χ0n) is 37.4. The van der Waals surface area contributed by atoms with Gasteiger partial charge < -0.3 is 125 Å². The number of benzene rings is 5. The zero-order chi connectivity index (χ0) is 55.6. The van der Waals surface area contributed by atoms with Crippen LogP contribution in [0.3, 0.4) is 0 Å². The summed E-state index contributed by atoms with van der Waals surface area (Å²) in [6, 6.07) is 1.87. The molecule has 9 atom stereocenters. The molecule has 0 radical (unpaired) electrons. The molecule has 400 valence electrons. The van der Waals surface area contributed by atoms with E-state index in [1.54, 1.807) is 0 Å². The highest BCUT2D eigenvalue weighted by molar-refractivity contribution is 6.11. The number of rotatable bonds is 4. The maximum Gasteiger partial charge on any atom is 0.339 e. The monoisotopic (exact) mass is 1070 g/mol. The lowest BCUT2D eigenvalue weighted by Crippen LogP contribution is -2.68. The highest BCUT2D eigenvalue weighted by atomic mass is 16.7. The Morgan fingerprint density at radius 1 is 0.474 bits per heavy atom. The van der Waals surface area contributed by atoms with Crippen LogP contribution in [0.5, 0.6) is 86.2 Å². The summed E-state index contributed by atoms with van der Waals surface area (Å²) in [4.78, 5) is 73.0. The quantitative estimate of drug-likeness (QED) is 0.0594. The van der Waals surface area contributed by atoms with E-state index in [0.717, 1.165) is 0 Å². The van der Waals surface area contributed by atoms with Gasteiger partial charge in [-0.15, -0.1) is 0 Å². The third-order valence-electron chi connectivity index (χ3n) is 13.0. The lowest BCUT2D eigenvalue weighted by molar-refractivity contribution is -0.341. The van der Waals surface area contributed by atoms with Gasteiger partial charge in [0.2, 0.25) is 28.8 Å². The molecule has 76 heavy (non-hydrogen) atoms. The molecule has 0 spiro atoms. The van der Waals surface area contributed by atoms with E-state index >= 15 is 4.79 Å². The lowest BCUT2D eigenvalue weighted by atomic mass is 9.71. The summed E-state index contributed by atoms with van der Waals surface area (Å²) < 4.78 is 33.8. The normalized spacial score (nSPS) is 25.1. The number of aliphatic hydroxyl groups excluding tert-OH is 3. The number of aromatic hydroxyl groups is 15. The molecule has 30 nitrogen and oxygen atoms in total. The molecule has 0 amide bonds. The van der Waals surface area contributed by atoms with Crippen molar-refractivity contribution in [1.82, 2.24) is 0 Å². The Balaban J connectivity index is 1.39. The van der Waals surface area contributed by atoms with E-state index in [1.807, 2.05) is 0 Å². The standard InChI is InChI=1S/C46H36O30/c47-12-1-8(2-13(48)26(12)53)41(65)73-18-7-71-42(66)9-3-14(49)27(54)31(58)19(9)20-10(4-15(50)28(55)32(20)59)43(67)74-37(18)39-38-25(46(70)40(64)30(57)17(52)6-72-46)24-23(45(69)75-38)22(34(61)36(63)35(24)62)21-11(44(68)76-39)5-16(51)29(56)33(21)60/h1-5,17-18,25,30,37-40,47-64,70H,6-7H2/t17-,18-,25-,30+,37+,38-,39-,40+,46-/m0/s1. The van der Waals surface area contributed by atoms with Crippen molar-refractivity contribution in [2.45, 2.75) is 54.4 Å². The summed E-state index contributed by atoms with van der Waals surface area (Å²) >= 11 is 0. The molecule has 4 aliphatic heterocycles. The Labute approximate surface area is 418 Å². The van der Waals surface area contributed by atoms with Crippen LogP contribution in [0.25, 0.3) is 22.3 Å². The number of hydrogen-bond donors (Lipinski definition) is 19. The minimum atomic E-state index is -3.72. The van der Waals surface area contributed by atoms with Crippen LogP contribution in [0.15, 0.2) is 30.3 Å². The van der Waals surface area contributed by atoms with Crippen LogP contribution in [-0.4, -0.2) is 189 Å².